The van der Waals surface area contributed by atoms with Crippen LogP contribution in [0.5, 0.6) is 17.2 Å². The van der Waals surface area contributed by atoms with Crippen molar-refractivity contribution in [3.63, 3.8) is 0 Å². The Bertz CT molecular complexity index is 1340. The van der Waals surface area contributed by atoms with Crippen LogP contribution in [0.2, 0.25) is 0 Å². The third kappa shape index (κ3) is 5.55. The van der Waals surface area contributed by atoms with Gasteiger partial charge in [0.2, 0.25) is 0 Å². The quantitative estimate of drug-likeness (QED) is 0.380. The van der Waals surface area contributed by atoms with Gasteiger partial charge in [-0.25, -0.2) is 13.8 Å². The van der Waals surface area contributed by atoms with Crippen LogP contribution in [-0.2, 0) is 14.8 Å². The second-order valence-corrected chi connectivity index (χ2v) is 9.48. The van der Waals surface area contributed by atoms with E-state index < -0.39 is 22.5 Å². The molecule has 0 spiro atoms. The number of rotatable bonds is 8. The molecule has 1 aliphatic rings. The molecular formula is C25H25N3O6S. The molecule has 0 saturated heterocycles. The molecule has 1 N–H and O–H groups in total. The average Bonchev–Trinajstić information content (AvgIpc) is 2.90. The minimum atomic E-state index is -4.04. The Morgan fingerprint density at radius 3 is 2.49 bits per heavy atom. The van der Waals surface area contributed by atoms with E-state index >= 15 is 0 Å². The first-order valence-corrected chi connectivity index (χ1v) is 12.3. The maximum Gasteiger partial charge on any atom is 0.264 e. The van der Waals surface area contributed by atoms with Gasteiger partial charge in [0.15, 0.2) is 11.5 Å². The molecular weight excluding hydrogens is 470 g/mol. The van der Waals surface area contributed by atoms with Crippen LogP contribution in [0.1, 0.15) is 12.5 Å². The van der Waals surface area contributed by atoms with Gasteiger partial charge in [-0.2, -0.15) is 5.10 Å². The van der Waals surface area contributed by atoms with Crippen molar-refractivity contribution in [2.24, 2.45) is 5.10 Å². The van der Waals surface area contributed by atoms with Gasteiger partial charge in [-0.3, -0.25) is 9.10 Å². The SMILES string of the molecule is COc1cccc(N(CC(=O)N/N=C(/C)c2ccc3c(c2)OCCO3)S(=O)(=O)c2ccccc2)c1. The fraction of sp³-hybridized carbons (Fsp3) is 0.200. The Kier molecular flexibility index (Phi) is 7.21. The number of anilines is 1. The Hall–Kier alpha value is -4.05. The highest BCUT2D eigenvalue weighted by Crippen LogP contribution is 2.31. The zero-order valence-corrected chi connectivity index (χ0v) is 20.1. The summed E-state index contributed by atoms with van der Waals surface area (Å²) >= 11 is 0. The van der Waals surface area contributed by atoms with Crippen molar-refractivity contribution in [1.82, 2.24) is 5.43 Å². The molecule has 0 bridgehead atoms. The van der Waals surface area contributed by atoms with Crippen LogP contribution < -0.4 is 23.9 Å². The van der Waals surface area contributed by atoms with E-state index in [0.717, 1.165) is 9.87 Å². The molecule has 3 aromatic rings. The number of hydrogen-bond donors (Lipinski definition) is 1. The lowest BCUT2D eigenvalue weighted by atomic mass is 10.1. The first-order valence-electron chi connectivity index (χ1n) is 10.8. The molecule has 0 aromatic heterocycles. The van der Waals surface area contributed by atoms with Gasteiger partial charge < -0.3 is 14.2 Å². The summed E-state index contributed by atoms with van der Waals surface area (Å²) < 4.78 is 44.2. The van der Waals surface area contributed by atoms with Crippen LogP contribution in [0.4, 0.5) is 5.69 Å². The molecule has 10 heteroatoms. The zero-order chi connectivity index (χ0) is 24.8. The maximum atomic E-state index is 13.4. The Morgan fingerprint density at radius 1 is 1.00 bits per heavy atom. The number of nitrogens with one attached hydrogen (secondary N) is 1. The minimum absolute atomic E-state index is 0.0616. The topological polar surface area (TPSA) is 107 Å². The van der Waals surface area contributed by atoms with E-state index in [-0.39, 0.29) is 10.6 Å². The van der Waals surface area contributed by atoms with Crippen molar-refractivity contribution in [3.05, 3.63) is 78.4 Å². The molecule has 0 fully saturated rings. The summed E-state index contributed by atoms with van der Waals surface area (Å²) in [5.74, 6) is 1.11. The number of fused-ring (bicyclic) bond motifs is 1. The molecule has 182 valence electrons. The van der Waals surface area contributed by atoms with Gasteiger partial charge in [0, 0.05) is 11.6 Å². The first kappa shape index (κ1) is 24.1. The summed E-state index contributed by atoms with van der Waals surface area (Å²) in [7, 11) is -2.55. The largest absolute Gasteiger partial charge is 0.497 e. The third-order valence-corrected chi connectivity index (χ3v) is 7.06. The summed E-state index contributed by atoms with van der Waals surface area (Å²) in [6.45, 7) is 2.19. The van der Waals surface area contributed by atoms with Gasteiger partial charge in [-0.1, -0.05) is 24.3 Å². The lowest BCUT2D eigenvalue weighted by molar-refractivity contribution is -0.119. The molecule has 9 nitrogen and oxygen atoms in total. The van der Waals surface area contributed by atoms with Gasteiger partial charge in [-0.15, -0.1) is 0 Å². The van der Waals surface area contributed by atoms with Crippen molar-refractivity contribution in [3.8, 4) is 17.2 Å². The number of hydrazone groups is 1. The monoisotopic (exact) mass is 495 g/mol. The summed E-state index contributed by atoms with van der Waals surface area (Å²) in [5, 5.41) is 4.15. The number of carbonyl (C=O) groups excluding carboxylic acids is 1. The van der Waals surface area contributed by atoms with Crippen LogP contribution in [0, 0.1) is 0 Å². The molecule has 0 radical (unpaired) electrons. The number of carbonyl (C=O) groups is 1. The Balaban J connectivity index is 1.56. The molecule has 0 unspecified atom stereocenters. The predicted octanol–water partition coefficient (Wildman–Crippen LogP) is 3.20. The highest BCUT2D eigenvalue weighted by atomic mass is 32.2. The van der Waals surface area contributed by atoms with Crippen LogP contribution >= 0.6 is 0 Å². The normalized spacial score (nSPS) is 13.1. The van der Waals surface area contributed by atoms with Crippen molar-refractivity contribution in [2.75, 3.05) is 31.2 Å². The van der Waals surface area contributed by atoms with Crippen LogP contribution in [0.15, 0.2) is 82.8 Å². The van der Waals surface area contributed by atoms with E-state index in [1.54, 1.807) is 67.6 Å². The first-order chi connectivity index (χ1) is 16.9. The summed E-state index contributed by atoms with van der Waals surface area (Å²) in [6, 6.07) is 19.8. The Labute approximate surface area is 204 Å². The molecule has 3 aromatic carbocycles. The molecule has 0 atom stereocenters. The number of benzene rings is 3. The van der Waals surface area contributed by atoms with Crippen molar-refractivity contribution in [1.29, 1.82) is 0 Å². The van der Waals surface area contributed by atoms with Gasteiger partial charge in [0.05, 0.1) is 23.4 Å². The zero-order valence-electron chi connectivity index (χ0n) is 19.3. The number of hydrogen-bond acceptors (Lipinski definition) is 7. The van der Waals surface area contributed by atoms with E-state index in [2.05, 4.69) is 10.5 Å². The molecule has 1 amide bonds. The van der Waals surface area contributed by atoms with Crippen molar-refractivity contribution < 1.29 is 27.4 Å². The molecule has 1 heterocycles. The predicted molar refractivity (Wildman–Crippen MR) is 132 cm³/mol. The third-order valence-electron chi connectivity index (χ3n) is 5.27. The minimum Gasteiger partial charge on any atom is -0.497 e. The second kappa shape index (κ2) is 10.5. The lowest BCUT2D eigenvalue weighted by Crippen LogP contribution is -2.39. The highest BCUT2D eigenvalue weighted by Gasteiger charge is 2.27. The molecule has 35 heavy (non-hydrogen) atoms. The van der Waals surface area contributed by atoms with Crippen LogP contribution in [0.3, 0.4) is 0 Å². The highest BCUT2D eigenvalue weighted by molar-refractivity contribution is 7.92. The fourth-order valence-electron chi connectivity index (χ4n) is 3.45. The van der Waals surface area contributed by atoms with Gasteiger partial charge in [0.25, 0.3) is 15.9 Å². The van der Waals surface area contributed by atoms with Gasteiger partial charge in [-0.05, 0) is 49.4 Å². The van der Waals surface area contributed by atoms with Crippen molar-refractivity contribution >= 4 is 27.3 Å². The number of ether oxygens (including phenoxy) is 3. The van der Waals surface area contributed by atoms with Crippen LogP contribution in [0.25, 0.3) is 0 Å². The molecule has 0 aliphatic carbocycles. The number of methoxy groups -OCH3 is 1. The summed E-state index contributed by atoms with van der Waals surface area (Å²) in [4.78, 5) is 12.9. The van der Waals surface area contributed by atoms with E-state index in [4.69, 9.17) is 14.2 Å². The second-order valence-electron chi connectivity index (χ2n) is 7.62. The smallest absolute Gasteiger partial charge is 0.264 e. The number of sulfonamides is 1. The Morgan fingerprint density at radius 2 is 1.74 bits per heavy atom. The van der Waals surface area contributed by atoms with Gasteiger partial charge in [0.1, 0.15) is 25.5 Å². The molecule has 1 aliphatic heterocycles. The van der Waals surface area contributed by atoms with E-state index in [1.165, 1.54) is 19.2 Å². The maximum absolute atomic E-state index is 13.4. The standard InChI is InChI=1S/C25H25N3O6S/c1-18(19-11-12-23-24(15-19)34-14-13-33-23)26-27-25(29)17-28(20-7-6-8-21(16-20)32-2)35(30,31)22-9-4-3-5-10-22/h3-12,15-16H,13-14,17H2,1-2H3,(H,27,29)/b26-18-. The van der Waals surface area contributed by atoms with Crippen molar-refractivity contribution in [2.45, 2.75) is 11.8 Å². The average molecular weight is 496 g/mol. The molecule has 4 rings (SSSR count). The van der Waals surface area contributed by atoms with Crippen LogP contribution in [-0.4, -0.2) is 46.9 Å². The lowest BCUT2D eigenvalue weighted by Gasteiger charge is -2.24. The number of nitrogens with zero attached hydrogens (tertiary/aromatic N) is 2. The molecule has 0 saturated carbocycles. The summed E-state index contributed by atoms with van der Waals surface area (Å²) in [5.41, 5.74) is 4.00. The van der Waals surface area contributed by atoms with E-state index in [0.29, 0.717) is 36.2 Å². The fourth-order valence-corrected chi connectivity index (χ4v) is 4.88. The van der Waals surface area contributed by atoms with E-state index in [9.17, 15) is 13.2 Å². The number of amides is 1. The van der Waals surface area contributed by atoms with E-state index in [1.807, 2.05) is 0 Å². The van der Waals surface area contributed by atoms with Gasteiger partial charge >= 0.3 is 0 Å². The summed E-state index contributed by atoms with van der Waals surface area (Å²) in [6.07, 6.45) is 0.